The molecular formula is C42H26S. The summed E-state index contributed by atoms with van der Waals surface area (Å²) in [5.41, 5.74) is 5.32. The van der Waals surface area contributed by atoms with Crippen LogP contribution >= 0.6 is 11.3 Å². The summed E-state index contributed by atoms with van der Waals surface area (Å²) < 4.78 is 45.1. The zero-order chi connectivity index (χ0) is 32.7. The molecule has 0 fully saturated rings. The Kier molecular flexibility index (Phi) is 4.45. The molecule has 0 aliphatic heterocycles. The number of hydrogen-bond donors (Lipinski definition) is 0. The molecular weight excluding hydrogens is 537 g/mol. The summed E-state index contributed by atoms with van der Waals surface area (Å²) in [7, 11) is 0. The van der Waals surface area contributed by atoms with E-state index < -0.39 is 6.04 Å². The van der Waals surface area contributed by atoms with Gasteiger partial charge in [0.15, 0.2) is 0 Å². The van der Waals surface area contributed by atoms with E-state index in [0.717, 1.165) is 38.2 Å². The van der Waals surface area contributed by atoms with Gasteiger partial charge in [-0.3, -0.25) is 0 Å². The SMILES string of the molecule is [2H]c1c([2H])c([2H])c(-c2c3ccccc3c(-c3ccc(-c4cccc5sc6ccc7ccccc7c6c45)cc3)c3ccccc23)c([2H])c1[2H]. The van der Waals surface area contributed by atoms with Crippen LogP contribution in [0.4, 0.5) is 0 Å². The minimum atomic E-state index is -0.390. The molecule has 0 N–H and O–H groups in total. The zero-order valence-electron chi connectivity index (χ0n) is 28.0. The third-order valence-corrected chi connectivity index (χ3v) is 9.67. The van der Waals surface area contributed by atoms with Gasteiger partial charge < -0.3 is 0 Å². The van der Waals surface area contributed by atoms with Crippen molar-refractivity contribution < 1.29 is 6.85 Å². The van der Waals surface area contributed by atoms with E-state index in [9.17, 15) is 0 Å². The van der Waals surface area contributed by atoms with Crippen LogP contribution in [-0.4, -0.2) is 0 Å². The molecule has 1 heterocycles. The molecule has 0 nitrogen and oxygen atoms in total. The fraction of sp³-hybridized carbons (Fsp3) is 0. The molecule has 0 aliphatic rings. The average Bonchev–Trinajstić information content (AvgIpc) is 3.53. The van der Waals surface area contributed by atoms with E-state index >= 15 is 0 Å². The van der Waals surface area contributed by atoms with E-state index in [4.69, 9.17) is 6.85 Å². The second-order valence-electron chi connectivity index (χ2n) is 10.9. The second-order valence-corrected chi connectivity index (χ2v) is 11.9. The van der Waals surface area contributed by atoms with E-state index in [1.54, 1.807) is 0 Å². The van der Waals surface area contributed by atoms with Crippen LogP contribution in [0.2, 0.25) is 0 Å². The molecule has 0 spiro atoms. The summed E-state index contributed by atoms with van der Waals surface area (Å²) in [6.45, 7) is 0. The Morgan fingerprint density at radius 1 is 0.395 bits per heavy atom. The van der Waals surface area contributed by atoms with Crippen LogP contribution in [0, 0.1) is 0 Å². The maximum atomic E-state index is 8.82. The van der Waals surface area contributed by atoms with Gasteiger partial charge >= 0.3 is 0 Å². The molecule has 0 bridgehead atoms. The Morgan fingerprint density at radius 3 is 1.63 bits per heavy atom. The highest BCUT2D eigenvalue weighted by atomic mass is 32.1. The van der Waals surface area contributed by atoms with Crippen LogP contribution in [0.1, 0.15) is 6.85 Å². The molecule has 0 radical (unpaired) electrons. The zero-order valence-corrected chi connectivity index (χ0v) is 23.8. The van der Waals surface area contributed by atoms with E-state index in [-0.39, 0.29) is 29.7 Å². The molecule has 0 saturated carbocycles. The van der Waals surface area contributed by atoms with Gasteiger partial charge in [-0.05, 0) is 77.8 Å². The number of benzene rings is 8. The van der Waals surface area contributed by atoms with Crippen molar-refractivity contribution in [3.8, 4) is 33.4 Å². The average molecular weight is 568 g/mol. The van der Waals surface area contributed by atoms with Crippen LogP contribution < -0.4 is 0 Å². The lowest BCUT2D eigenvalue weighted by atomic mass is 9.85. The standard InChI is InChI=1S/C42H26S/c1-2-12-29(13-3-1)39-33-15-6-8-17-35(33)40(36-18-9-7-16-34(36)39)30-23-21-28(22-24-30)32-19-10-20-37-41(32)42-31-14-5-4-11-27(31)25-26-38(42)43-37/h1-26H/i1D,2D,3D,12D,13D. The van der Waals surface area contributed by atoms with E-state index in [2.05, 4.69) is 91.0 Å². The molecule has 9 rings (SSSR count). The molecule has 0 unspecified atom stereocenters. The van der Waals surface area contributed by atoms with Gasteiger partial charge in [0, 0.05) is 20.2 Å². The Balaban J connectivity index is 1.28. The fourth-order valence-electron chi connectivity index (χ4n) is 6.73. The molecule has 43 heavy (non-hydrogen) atoms. The van der Waals surface area contributed by atoms with Gasteiger partial charge in [-0.25, -0.2) is 0 Å². The quantitative estimate of drug-likeness (QED) is 0.186. The third kappa shape index (κ3) is 3.75. The van der Waals surface area contributed by atoms with E-state index in [0.29, 0.717) is 5.56 Å². The van der Waals surface area contributed by atoms with Gasteiger partial charge in [0.25, 0.3) is 0 Å². The maximum Gasteiger partial charge on any atom is 0.0629 e. The van der Waals surface area contributed by atoms with Crippen LogP contribution in [0.25, 0.3) is 85.9 Å². The highest BCUT2D eigenvalue weighted by Crippen LogP contribution is 2.46. The molecule has 0 amide bonds. The second kappa shape index (κ2) is 9.66. The lowest BCUT2D eigenvalue weighted by Gasteiger charge is -2.18. The first-order chi connectivity index (χ1) is 23.4. The molecule has 1 heteroatoms. The van der Waals surface area contributed by atoms with Crippen molar-refractivity contribution in [2.24, 2.45) is 0 Å². The minimum Gasteiger partial charge on any atom is -0.135 e. The van der Waals surface area contributed by atoms with Crippen molar-refractivity contribution in [3.05, 3.63) is 158 Å². The fourth-order valence-corrected chi connectivity index (χ4v) is 7.88. The first-order valence-electron chi connectivity index (χ1n) is 16.9. The summed E-state index contributed by atoms with van der Waals surface area (Å²) in [4.78, 5) is 0. The molecule has 1 aromatic heterocycles. The molecule has 200 valence electrons. The topological polar surface area (TPSA) is 0 Å². The smallest absolute Gasteiger partial charge is 0.0629 e. The van der Waals surface area contributed by atoms with Gasteiger partial charge in [0.2, 0.25) is 0 Å². The maximum absolute atomic E-state index is 8.82. The van der Waals surface area contributed by atoms with Gasteiger partial charge in [-0.1, -0.05) is 145 Å². The van der Waals surface area contributed by atoms with Crippen LogP contribution in [0.5, 0.6) is 0 Å². The first kappa shape index (κ1) is 19.8. The normalized spacial score (nSPS) is 13.3. The van der Waals surface area contributed by atoms with Crippen LogP contribution in [0.3, 0.4) is 0 Å². The molecule has 8 aromatic carbocycles. The van der Waals surface area contributed by atoms with E-state index in [1.165, 1.54) is 36.5 Å². The summed E-state index contributed by atoms with van der Waals surface area (Å²) in [6.07, 6.45) is 0. The van der Waals surface area contributed by atoms with Crippen molar-refractivity contribution in [2.75, 3.05) is 0 Å². The van der Waals surface area contributed by atoms with Gasteiger partial charge in [-0.15, -0.1) is 11.3 Å². The highest BCUT2D eigenvalue weighted by Gasteiger charge is 2.17. The van der Waals surface area contributed by atoms with Crippen molar-refractivity contribution in [1.29, 1.82) is 0 Å². The Hall–Kier alpha value is -5.24. The van der Waals surface area contributed by atoms with Gasteiger partial charge in [-0.2, -0.15) is 0 Å². The summed E-state index contributed by atoms with van der Waals surface area (Å²) in [5.74, 6) is 0. The number of fused-ring (bicyclic) bond motifs is 7. The van der Waals surface area contributed by atoms with Gasteiger partial charge in [0.1, 0.15) is 0 Å². The number of hydrogen-bond acceptors (Lipinski definition) is 1. The largest absolute Gasteiger partial charge is 0.135 e. The summed E-state index contributed by atoms with van der Waals surface area (Å²) >= 11 is 1.83. The predicted molar refractivity (Wildman–Crippen MR) is 188 cm³/mol. The molecule has 9 aromatic rings. The Labute approximate surface area is 261 Å². The highest BCUT2D eigenvalue weighted by molar-refractivity contribution is 7.26. The first-order valence-corrected chi connectivity index (χ1v) is 15.2. The minimum absolute atomic E-state index is 0.198. The van der Waals surface area contributed by atoms with Crippen molar-refractivity contribution >= 4 is 63.8 Å². The number of rotatable bonds is 3. The van der Waals surface area contributed by atoms with Crippen molar-refractivity contribution in [2.45, 2.75) is 0 Å². The third-order valence-electron chi connectivity index (χ3n) is 8.55. The number of thiophene rings is 1. The Morgan fingerprint density at radius 2 is 0.953 bits per heavy atom. The van der Waals surface area contributed by atoms with Crippen molar-refractivity contribution in [3.63, 3.8) is 0 Å². The summed E-state index contributed by atoms with van der Waals surface area (Å²) in [6, 6.07) is 42.9. The van der Waals surface area contributed by atoms with Gasteiger partial charge in [0.05, 0.1) is 6.85 Å². The molecule has 0 atom stereocenters. The van der Waals surface area contributed by atoms with Crippen LogP contribution in [-0.2, 0) is 0 Å². The lowest BCUT2D eigenvalue weighted by molar-refractivity contribution is 1.64. The predicted octanol–water partition coefficient (Wildman–Crippen LogP) is 12.5. The molecule has 0 aliphatic carbocycles. The van der Waals surface area contributed by atoms with E-state index in [1.807, 2.05) is 47.7 Å². The Bertz CT molecular complexity index is 2690. The van der Waals surface area contributed by atoms with Crippen LogP contribution in [0.15, 0.2) is 158 Å². The van der Waals surface area contributed by atoms with Crippen molar-refractivity contribution in [1.82, 2.24) is 0 Å². The summed E-state index contributed by atoms with van der Waals surface area (Å²) in [5, 5.41) is 8.69. The lowest BCUT2D eigenvalue weighted by Crippen LogP contribution is -1.90. The monoisotopic (exact) mass is 567 g/mol. The molecule has 0 saturated heterocycles.